The van der Waals surface area contributed by atoms with Crippen LogP contribution in [-0.4, -0.2) is 51.9 Å². The summed E-state index contributed by atoms with van der Waals surface area (Å²) in [5.74, 6) is 0.331. The zero-order valence-corrected chi connectivity index (χ0v) is 25.9. The van der Waals surface area contributed by atoms with Crippen LogP contribution in [0.2, 0.25) is 0 Å². The molecule has 0 saturated carbocycles. The number of rotatable bonds is 26. The van der Waals surface area contributed by atoms with Gasteiger partial charge in [0, 0.05) is 13.2 Å². The van der Waals surface area contributed by atoms with E-state index in [1.165, 1.54) is 83.4 Å². The molecule has 0 aliphatic rings. The van der Waals surface area contributed by atoms with Crippen molar-refractivity contribution in [2.24, 2.45) is 0 Å². The minimum absolute atomic E-state index is 0. The Morgan fingerprint density at radius 1 is 0.850 bits per heavy atom. The van der Waals surface area contributed by atoms with E-state index < -0.39 is 15.2 Å². The third-order valence-electron chi connectivity index (χ3n) is 6.70. The molecule has 0 aliphatic heterocycles. The van der Waals surface area contributed by atoms with E-state index in [-0.39, 0.29) is 12.3 Å². The third-order valence-corrected chi connectivity index (χ3v) is 6.99. The van der Waals surface area contributed by atoms with Crippen LogP contribution in [0.4, 0.5) is 5.82 Å². The highest BCUT2D eigenvalue weighted by molar-refractivity contribution is 7.17. The first kappa shape index (κ1) is 36.3. The van der Waals surface area contributed by atoms with E-state index in [0.29, 0.717) is 36.7 Å². The number of hydrogen-bond donors (Lipinski definition) is 2. The normalized spacial score (nSPS) is 13.1. The second kappa shape index (κ2) is 23.9. The number of imidazole rings is 1. The summed E-state index contributed by atoms with van der Waals surface area (Å²) in [7, 11) is -0.976. The number of unbranched alkanes of at least 4 members (excludes halogenated alkanes) is 13. The Kier molecular flexibility index (Phi) is 21.7. The summed E-state index contributed by atoms with van der Waals surface area (Å²) in [6.45, 7) is 5.56. The number of aromatic nitrogens is 4. The Morgan fingerprint density at radius 3 is 2.05 bits per heavy atom. The smallest absolute Gasteiger partial charge is 0.382 e. The van der Waals surface area contributed by atoms with Gasteiger partial charge in [0.2, 0.25) is 0 Å². The number of ether oxygens (including phenoxy) is 3. The van der Waals surface area contributed by atoms with Crippen LogP contribution < -0.4 is 11.9 Å². The van der Waals surface area contributed by atoms with Crippen molar-refractivity contribution in [3.63, 3.8) is 0 Å². The van der Waals surface area contributed by atoms with Gasteiger partial charge in [-0.3, -0.25) is 0 Å². The SMILES string of the molecule is CCCCCCCCCCCCCCCOCCCCOC(O[PH+]=O)O[C@H](C)Cn1cnc2c(N)ncnc21.N. The van der Waals surface area contributed by atoms with Crippen LogP contribution in [0.15, 0.2) is 12.7 Å². The summed E-state index contributed by atoms with van der Waals surface area (Å²) in [6, 6.07) is 0. The second-order valence-corrected chi connectivity index (χ2v) is 10.6. The molecule has 40 heavy (non-hydrogen) atoms. The first-order valence-corrected chi connectivity index (χ1v) is 15.8. The average Bonchev–Trinajstić information content (AvgIpc) is 3.33. The van der Waals surface area contributed by atoms with E-state index in [9.17, 15) is 4.57 Å². The predicted molar refractivity (Wildman–Crippen MR) is 161 cm³/mol. The van der Waals surface area contributed by atoms with Gasteiger partial charge in [-0.05, 0) is 30.8 Å². The molecule has 5 N–H and O–H groups in total. The molecule has 0 aromatic carbocycles. The van der Waals surface area contributed by atoms with E-state index in [1.807, 2.05) is 11.5 Å². The van der Waals surface area contributed by atoms with Crippen LogP contribution in [0.3, 0.4) is 0 Å². The van der Waals surface area contributed by atoms with E-state index in [1.54, 1.807) is 6.33 Å². The number of hydrogen-bond acceptors (Lipinski definition) is 10. The lowest BCUT2D eigenvalue weighted by Gasteiger charge is -2.18. The standard InChI is InChI=1S/C28H51N5O5P.H3N/c1-3-4-5-6-7-8-9-10-11-12-13-14-15-18-35-19-16-17-20-36-28(38-39-34)37-24(2)21-33-23-32-25-26(29)30-22-31-27(25)33;/h22-24,28,39H,3-21H2,1-2H3,(H2,29,30,31);1H3/q+1;/t24-,28?;/m1./s1. The van der Waals surface area contributed by atoms with Crippen LogP contribution >= 0.6 is 8.69 Å². The van der Waals surface area contributed by atoms with E-state index in [0.717, 1.165) is 25.9 Å². The van der Waals surface area contributed by atoms with Crippen LogP contribution in [-0.2, 0) is 29.8 Å². The number of nitrogens with two attached hydrogens (primary N) is 1. The highest BCUT2D eigenvalue weighted by Gasteiger charge is 2.20. The fourth-order valence-corrected chi connectivity index (χ4v) is 4.69. The average molecular weight is 586 g/mol. The van der Waals surface area contributed by atoms with Crippen molar-refractivity contribution in [3.8, 4) is 0 Å². The summed E-state index contributed by atoms with van der Waals surface area (Å²) in [4.78, 5) is 12.4. The zero-order chi connectivity index (χ0) is 28.0. The molecule has 11 nitrogen and oxygen atoms in total. The molecule has 0 saturated heterocycles. The Hall–Kier alpha value is -1.75. The summed E-state index contributed by atoms with van der Waals surface area (Å²) in [5, 5.41) is 0. The van der Waals surface area contributed by atoms with Crippen molar-refractivity contribution in [1.82, 2.24) is 25.7 Å². The van der Waals surface area contributed by atoms with Crippen molar-refractivity contribution in [3.05, 3.63) is 12.7 Å². The monoisotopic (exact) mass is 585 g/mol. The molecule has 12 heteroatoms. The minimum Gasteiger partial charge on any atom is -0.382 e. The van der Waals surface area contributed by atoms with E-state index in [4.69, 9.17) is 24.5 Å². The largest absolute Gasteiger partial charge is 0.499 e. The molecule has 0 amide bonds. The highest BCUT2D eigenvalue weighted by atomic mass is 31.1. The number of fused-ring (bicyclic) bond motifs is 1. The van der Waals surface area contributed by atoms with Crippen molar-refractivity contribution >= 4 is 25.7 Å². The van der Waals surface area contributed by atoms with Crippen LogP contribution in [0, 0.1) is 0 Å². The Morgan fingerprint density at radius 2 is 1.43 bits per heavy atom. The maximum absolute atomic E-state index is 11.0. The predicted octanol–water partition coefficient (Wildman–Crippen LogP) is 7.12. The van der Waals surface area contributed by atoms with E-state index >= 15 is 0 Å². The fourth-order valence-electron chi connectivity index (χ4n) is 4.49. The second-order valence-electron chi connectivity index (χ2n) is 10.2. The summed E-state index contributed by atoms with van der Waals surface area (Å²) in [5.41, 5.74) is 7.01. The van der Waals surface area contributed by atoms with Gasteiger partial charge in [0.15, 0.2) is 11.5 Å². The zero-order valence-electron chi connectivity index (χ0n) is 24.9. The quantitative estimate of drug-likeness (QED) is 0.0661. The molecule has 0 radical (unpaired) electrons. The summed E-state index contributed by atoms with van der Waals surface area (Å²) < 4.78 is 35.1. The molecule has 0 spiro atoms. The number of nitrogen functional groups attached to an aromatic ring is 1. The molecular formula is C28H54N6O5P+. The molecule has 2 heterocycles. The highest BCUT2D eigenvalue weighted by Crippen LogP contribution is 2.17. The minimum atomic E-state index is -1.00. The van der Waals surface area contributed by atoms with Crippen LogP contribution in [0.1, 0.15) is 110 Å². The lowest BCUT2D eigenvalue weighted by molar-refractivity contribution is -0.262. The Balaban J connectivity index is 0.00000800. The molecule has 2 aromatic heterocycles. The van der Waals surface area contributed by atoms with Gasteiger partial charge >= 0.3 is 15.2 Å². The van der Waals surface area contributed by atoms with Gasteiger partial charge in [0.25, 0.3) is 0 Å². The molecule has 0 bridgehead atoms. The topological polar surface area (TPSA) is 159 Å². The molecule has 2 rings (SSSR count). The Labute approximate surface area is 242 Å². The van der Waals surface area contributed by atoms with Gasteiger partial charge in [0.05, 0.1) is 25.6 Å². The summed E-state index contributed by atoms with van der Waals surface area (Å²) in [6.07, 6.45) is 22.0. The van der Waals surface area contributed by atoms with Crippen molar-refractivity contribution in [2.75, 3.05) is 25.6 Å². The maximum atomic E-state index is 11.0. The van der Waals surface area contributed by atoms with Gasteiger partial charge in [-0.2, -0.15) is 0 Å². The maximum Gasteiger partial charge on any atom is 0.499 e. The van der Waals surface area contributed by atoms with Gasteiger partial charge < -0.3 is 30.7 Å². The van der Waals surface area contributed by atoms with Crippen molar-refractivity contribution < 1.29 is 23.3 Å². The molecule has 2 aromatic rings. The van der Waals surface area contributed by atoms with Crippen LogP contribution in [0.25, 0.3) is 11.2 Å². The van der Waals surface area contributed by atoms with Gasteiger partial charge in [-0.15, -0.1) is 0 Å². The molecule has 230 valence electrons. The van der Waals surface area contributed by atoms with Crippen molar-refractivity contribution in [2.45, 2.75) is 129 Å². The van der Waals surface area contributed by atoms with Crippen molar-refractivity contribution in [1.29, 1.82) is 0 Å². The van der Waals surface area contributed by atoms with Gasteiger partial charge in [-0.1, -0.05) is 88.5 Å². The fraction of sp³-hybridized carbons (Fsp3) is 0.821. The first-order chi connectivity index (χ1) is 19.2. The lowest BCUT2D eigenvalue weighted by Crippen LogP contribution is -2.27. The Bertz CT molecular complexity index is 890. The molecule has 3 atom stereocenters. The number of nitrogens with zero attached hydrogens (tertiary/aromatic N) is 4. The van der Waals surface area contributed by atoms with Crippen LogP contribution in [0.5, 0.6) is 0 Å². The molecule has 0 aliphatic carbocycles. The molecule has 2 unspecified atom stereocenters. The molecule has 0 fully saturated rings. The van der Waals surface area contributed by atoms with Gasteiger partial charge in [0.1, 0.15) is 11.8 Å². The van der Waals surface area contributed by atoms with E-state index in [2.05, 4.69) is 21.9 Å². The number of anilines is 1. The lowest BCUT2D eigenvalue weighted by atomic mass is 10.0. The third kappa shape index (κ3) is 15.9. The molecular weight excluding hydrogens is 531 g/mol. The first-order valence-electron chi connectivity index (χ1n) is 14.9. The van der Waals surface area contributed by atoms with Gasteiger partial charge in [-0.25, -0.2) is 15.0 Å². The summed E-state index contributed by atoms with van der Waals surface area (Å²) >= 11 is 0.